The molecule has 0 radical (unpaired) electrons. The van der Waals surface area contributed by atoms with Gasteiger partial charge in [-0.25, -0.2) is 4.98 Å². The number of hydrogen-bond donors (Lipinski definition) is 0. The molecule has 20 heavy (non-hydrogen) atoms. The van der Waals surface area contributed by atoms with Crippen molar-refractivity contribution in [1.29, 1.82) is 0 Å². The van der Waals surface area contributed by atoms with Crippen LogP contribution in [0.25, 0.3) is 11.0 Å². The Morgan fingerprint density at radius 2 is 2.15 bits per heavy atom. The molecule has 0 saturated carbocycles. The maximum Gasteiger partial charge on any atom is 0.194 e. The standard InChI is InChI=1S/C14H14N4OS/c1-9-7-18-12(10(2)16-14(18)20-9)4-5-13(19)11-6-15-17(3)8-11/h4-8H,1-3H3/b5-4+. The van der Waals surface area contributed by atoms with Gasteiger partial charge in [-0.05, 0) is 26.0 Å². The van der Waals surface area contributed by atoms with Crippen LogP contribution in [0.3, 0.4) is 0 Å². The second-order valence-electron chi connectivity index (χ2n) is 4.68. The smallest absolute Gasteiger partial charge is 0.194 e. The Kier molecular flexibility index (Phi) is 3.02. The molecule has 0 N–H and O–H groups in total. The normalized spacial score (nSPS) is 11.8. The molecule has 0 amide bonds. The molecule has 3 aromatic rings. The van der Waals surface area contributed by atoms with E-state index in [0.717, 1.165) is 16.3 Å². The lowest BCUT2D eigenvalue weighted by atomic mass is 10.2. The number of carbonyl (C=O) groups excluding carboxylic acids is 1. The maximum atomic E-state index is 12.0. The van der Waals surface area contributed by atoms with E-state index in [1.165, 1.54) is 4.88 Å². The van der Waals surface area contributed by atoms with E-state index in [4.69, 9.17) is 0 Å². The van der Waals surface area contributed by atoms with Gasteiger partial charge in [-0.15, -0.1) is 11.3 Å². The molecule has 0 aliphatic heterocycles. The molecule has 0 aliphatic carbocycles. The van der Waals surface area contributed by atoms with Gasteiger partial charge in [0.25, 0.3) is 0 Å². The van der Waals surface area contributed by atoms with E-state index in [1.807, 2.05) is 30.5 Å². The van der Waals surface area contributed by atoms with Crippen molar-refractivity contribution >= 4 is 28.2 Å². The molecular weight excluding hydrogens is 272 g/mol. The summed E-state index contributed by atoms with van der Waals surface area (Å²) < 4.78 is 3.63. The third-order valence-electron chi connectivity index (χ3n) is 3.04. The molecule has 3 rings (SSSR count). The van der Waals surface area contributed by atoms with Crippen LogP contribution < -0.4 is 0 Å². The molecule has 0 fully saturated rings. The number of hydrogen-bond acceptors (Lipinski definition) is 4. The summed E-state index contributed by atoms with van der Waals surface area (Å²) >= 11 is 1.64. The first-order valence-corrected chi connectivity index (χ1v) is 7.02. The molecule has 6 heteroatoms. The van der Waals surface area contributed by atoms with Crippen LogP contribution in [0.2, 0.25) is 0 Å². The van der Waals surface area contributed by atoms with Gasteiger partial charge >= 0.3 is 0 Å². The quantitative estimate of drug-likeness (QED) is 0.549. The third kappa shape index (κ3) is 2.18. The number of allylic oxidation sites excluding steroid dienone is 1. The van der Waals surface area contributed by atoms with Crippen molar-refractivity contribution in [3.05, 3.63) is 46.5 Å². The Bertz CT molecular complexity index is 822. The zero-order valence-corrected chi connectivity index (χ0v) is 12.3. The van der Waals surface area contributed by atoms with Gasteiger partial charge < -0.3 is 0 Å². The number of imidazole rings is 1. The van der Waals surface area contributed by atoms with Gasteiger partial charge in [-0.2, -0.15) is 5.10 Å². The van der Waals surface area contributed by atoms with E-state index < -0.39 is 0 Å². The maximum absolute atomic E-state index is 12.0. The van der Waals surface area contributed by atoms with Crippen molar-refractivity contribution in [2.24, 2.45) is 7.05 Å². The predicted octanol–water partition coefficient (Wildman–Crippen LogP) is 2.64. The number of rotatable bonds is 3. The Labute approximate surface area is 120 Å². The Balaban J connectivity index is 1.94. The molecule has 0 unspecified atom stereocenters. The number of fused-ring (bicyclic) bond motifs is 1. The third-order valence-corrected chi connectivity index (χ3v) is 3.94. The average Bonchev–Trinajstić information content (AvgIpc) is 3.02. The second-order valence-corrected chi connectivity index (χ2v) is 5.89. The summed E-state index contributed by atoms with van der Waals surface area (Å²) in [5, 5.41) is 4.00. The fourth-order valence-electron chi connectivity index (χ4n) is 2.08. The molecule has 0 atom stereocenters. The largest absolute Gasteiger partial charge is 0.290 e. The summed E-state index contributed by atoms with van der Waals surface area (Å²) in [5.41, 5.74) is 2.46. The number of carbonyl (C=O) groups is 1. The Morgan fingerprint density at radius 3 is 2.85 bits per heavy atom. The van der Waals surface area contributed by atoms with E-state index in [-0.39, 0.29) is 5.78 Å². The lowest BCUT2D eigenvalue weighted by molar-refractivity contribution is 0.104. The summed E-state index contributed by atoms with van der Waals surface area (Å²) in [5.74, 6) is -0.0561. The van der Waals surface area contributed by atoms with Gasteiger partial charge in [0.1, 0.15) is 0 Å². The zero-order chi connectivity index (χ0) is 14.3. The number of aryl methyl sites for hydroxylation is 3. The van der Waals surface area contributed by atoms with Crippen molar-refractivity contribution in [2.75, 3.05) is 0 Å². The number of thiazole rings is 1. The van der Waals surface area contributed by atoms with Gasteiger partial charge in [0.15, 0.2) is 10.7 Å². The Hall–Kier alpha value is -2.21. The number of aromatic nitrogens is 4. The van der Waals surface area contributed by atoms with Crippen LogP contribution in [-0.2, 0) is 7.05 Å². The summed E-state index contributed by atoms with van der Waals surface area (Å²) in [4.78, 5) is 18.7. The first-order valence-electron chi connectivity index (χ1n) is 6.21. The topological polar surface area (TPSA) is 52.2 Å². The SMILES string of the molecule is Cc1cn2c(/C=C/C(=O)c3cnn(C)c3)c(C)nc2s1. The van der Waals surface area contributed by atoms with Crippen LogP contribution in [0.5, 0.6) is 0 Å². The van der Waals surface area contributed by atoms with Crippen LogP contribution in [0.4, 0.5) is 0 Å². The van der Waals surface area contributed by atoms with E-state index in [2.05, 4.69) is 10.1 Å². The molecule has 0 saturated heterocycles. The molecule has 0 aromatic carbocycles. The van der Waals surface area contributed by atoms with Crippen LogP contribution in [0.15, 0.2) is 24.7 Å². The van der Waals surface area contributed by atoms with E-state index >= 15 is 0 Å². The molecular formula is C14H14N4OS. The minimum absolute atomic E-state index is 0.0561. The lowest BCUT2D eigenvalue weighted by Gasteiger charge is -1.93. The van der Waals surface area contributed by atoms with Crippen molar-refractivity contribution in [1.82, 2.24) is 19.2 Å². The zero-order valence-electron chi connectivity index (χ0n) is 11.5. The fourth-order valence-corrected chi connectivity index (χ4v) is 2.96. The van der Waals surface area contributed by atoms with Gasteiger partial charge in [0, 0.05) is 24.3 Å². The van der Waals surface area contributed by atoms with Crippen molar-refractivity contribution in [2.45, 2.75) is 13.8 Å². The van der Waals surface area contributed by atoms with Crippen molar-refractivity contribution < 1.29 is 4.79 Å². The number of nitrogens with zero attached hydrogens (tertiary/aromatic N) is 4. The molecule has 102 valence electrons. The van der Waals surface area contributed by atoms with Crippen molar-refractivity contribution in [3.8, 4) is 0 Å². The average molecular weight is 286 g/mol. The van der Waals surface area contributed by atoms with E-state index in [9.17, 15) is 4.79 Å². The molecule has 0 aliphatic rings. The van der Waals surface area contributed by atoms with Crippen LogP contribution in [0.1, 0.15) is 26.6 Å². The predicted molar refractivity (Wildman–Crippen MR) is 79.1 cm³/mol. The highest BCUT2D eigenvalue weighted by molar-refractivity contribution is 7.17. The highest BCUT2D eigenvalue weighted by Crippen LogP contribution is 2.21. The van der Waals surface area contributed by atoms with Crippen LogP contribution in [0, 0.1) is 13.8 Å². The van der Waals surface area contributed by atoms with E-state index in [0.29, 0.717) is 5.56 Å². The van der Waals surface area contributed by atoms with Gasteiger partial charge in [0.2, 0.25) is 0 Å². The Morgan fingerprint density at radius 1 is 1.35 bits per heavy atom. The highest BCUT2D eigenvalue weighted by atomic mass is 32.1. The molecule has 5 nitrogen and oxygen atoms in total. The molecule has 0 spiro atoms. The summed E-state index contributed by atoms with van der Waals surface area (Å²) in [6.07, 6.45) is 8.70. The second kappa shape index (κ2) is 4.72. The summed E-state index contributed by atoms with van der Waals surface area (Å²) in [7, 11) is 1.79. The summed E-state index contributed by atoms with van der Waals surface area (Å²) in [6, 6.07) is 0. The van der Waals surface area contributed by atoms with Gasteiger partial charge in [-0.3, -0.25) is 13.9 Å². The summed E-state index contributed by atoms with van der Waals surface area (Å²) in [6.45, 7) is 3.99. The molecule has 0 bridgehead atoms. The first kappa shape index (κ1) is 12.8. The van der Waals surface area contributed by atoms with Crippen molar-refractivity contribution in [3.63, 3.8) is 0 Å². The highest BCUT2D eigenvalue weighted by Gasteiger charge is 2.10. The minimum atomic E-state index is -0.0561. The molecule has 3 aromatic heterocycles. The lowest BCUT2D eigenvalue weighted by Crippen LogP contribution is -1.93. The van der Waals surface area contributed by atoms with Crippen LogP contribution in [-0.4, -0.2) is 24.9 Å². The molecule has 3 heterocycles. The van der Waals surface area contributed by atoms with Crippen LogP contribution >= 0.6 is 11.3 Å². The first-order chi connectivity index (χ1) is 9.54. The van der Waals surface area contributed by atoms with Gasteiger partial charge in [0.05, 0.1) is 23.1 Å². The van der Waals surface area contributed by atoms with E-state index in [1.54, 1.807) is 41.5 Å². The van der Waals surface area contributed by atoms with Gasteiger partial charge in [-0.1, -0.05) is 0 Å². The monoisotopic (exact) mass is 286 g/mol. The minimum Gasteiger partial charge on any atom is -0.290 e. The fraction of sp³-hybridized carbons (Fsp3) is 0.214. The number of ketones is 1.